The molecule has 0 fully saturated rings. The quantitative estimate of drug-likeness (QED) is 0.631. The highest BCUT2D eigenvalue weighted by atomic mass is 79.9. The third kappa shape index (κ3) is 3.15. The minimum absolute atomic E-state index is 0.0459. The maximum Gasteiger partial charge on any atom is 0.333 e. The van der Waals surface area contributed by atoms with E-state index >= 15 is 0 Å². The Bertz CT molecular complexity index is 446. The normalized spacial score (nSPS) is 11.4. The van der Waals surface area contributed by atoms with Gasteiger partial charge in [0.05, 0.1) is 4.47 Å². The number of methoxy groups -OCH3 is 1. The second-order valence-corrected chi connectivity index (χ2v) is 4.67. The van der Waals surface area contributed by atoms with Gasteiger partial charge in [0.2, 0.25) is 0 Å². The predicted octanol–water partition coefficient (Wildman–Crippen LogP) is 2.09. The molecule has 0 unspecified atom stereocenters. The Balaban J connectivity index is 3.12. The van der Waals surface area contributed by atoms with Crippen LogP contribution in [0.2, 0.25) is 0 Å². The third-order valence-electron chi connectivity index (χ3n) is 1.52. The van der Waals surface area contributed by atoms with Gasteiger partial charge in [-0.15, -0.1) is 3.89 Å². The molecule has 1 rings (SSSR count). The molecule has 0 bridgehead atoms. The van der Waals surface area contributed by atoms with Crippen molar-refractivity contribution in [1.82, 2.24) is 0 Å². The zero-order chi connectivity index (χ0) is 11.5. The van der Waals surface area contributed by atoms with Crippen molar-refractivity contribution in [1.29, 1.82) is 0 Å². The summed E-state index contributed by atoms with van der Waals surface area (Å²) in [5.41, 5.74) is 0. The topological polar surface area (TPSA) is 52.6 Å². The Hall–Kier alpha value is -0.660. The fourth-order valence-electron chi connectivity index (χ4n) is 0.913. The third-order valence-corrected chi connectivity index (χ3v) is 3.47. The SMILES string of the molecule is COCOc1cccc(S(=O)(=O)F)c1Br. The van der Waals surface area contributed by atoms with E-state index in [-0.39, 0.29) is 17.0 Å². The molecule has 1 aromatic carbocycles. The summed E-state index contributed by atoms with van der Waals surface area (Å²) in [5, 5.41) is 0. The molecule has 0 aromatic heterocycles. The minimum atomic E-state index is -4.75. The molecule has 84 valence electrons. The van der Waals surface area contributed by atoms with E-state index in [4.69, 9.17) is 4.74 Å². The van der Waals surface area contributed by atoms with Crippen LogP contribution in [-0.4, -0.2) is 22.3 Å². The fourth-order valence-corrected chi connectivity index (χ4v) is 2.43. The molecular formula is C8H8BrFO4S. The monoisotopic (exact) mass is 298 g/mol. The molecule has 0 saturated heterocycles. The van der Waals surface area contributed by atoms with Gasteiger partial charge in [-0.25, -0.2) is 0 Å². The van der Waals surface area contributed by atoms with Crippen LogP contribution in [0, 0.1) is 0 Å². The first kappa shape index (κ1) is 12.4. The average molecular weight is 299 g/mol. The molecule has 0 aliphatic heterocycles. The van der Waals surface area contributed by atoms with Crippen LogP contribution in [0.4, 0.5) is 3.89 Å². The van der Waals surface area contributed by atoms with E-state index in [1.165, 1.54) is 19.2 Å². The van der Waals surface area contributed by atoms with Gasteiger partial charge in [-0.3, -0.25) is 0 Å². The van der Waals surface area contributed by atoms with E-state index in [2.05, 4.69) is 20.7 Å². The van der Waals surface area contributed by atoms with Gasteiger partial charge >= 0.3 is 10.2 Å². The van der Waals surface area contributed by atoms with Crippen LogP contribution >= 0.6 is 15.9 Å². The summed E-state index contributed by atoms with van der Waals surface area (Å²) in [6.45, 7) is -0.0472. The zero-order valence-corrected chi connectivity index (χ0v) is 10.1. The smallest absolute Gasteiger partial charge is 0.333 e. The minimum Gasteiger partial charge on any atom is -0.466 e. The van der Waals surface area contributed by atoms with Crippen molar-refractivity contribution >= 4 is 26.2 Å². The Morgan fingerprint density at radius 1 is 1.47 bits per heavy atom. The van der Waals surface area contributed by atoms with Gasteiger partial charge in [-0.2, -0.15) is 8.42 Å². The number of benzene rings is 1. The molecule has 0 atom stereocenters. The fraction of sp³-hybridized carbons (Fsp3) is 0.250. The maximum absolute atomic E-state index is 12.7. The Kier molecular flexibility index (Phi) is 4.06. The largest absolute Gasteiger partial charge is 0.466 e. The van der Waals surface area contributed by atoms with Gasteiger partial charge in [-0.1, -0.05) is 6.07 Å². The summed E-state index contributed by atoms with van der Waals surface area (Å²) < 4.78 is 43.8. The van der Waals surface area contributed by atoms with Crippen LogP contribution in [0.15, 0.2) is 27.6 Å². The average Bonchev–Trinajstić information content (AvgIpc) is 2.14. The standard InChI is InChI=1S/C8H8BrFO4S/c1-13-5-14-6-3-2-4-7(8(6)9)15(10,11)12/h2-4H,5H2,1H3. The molecule has 0 N–H and O–H groups in total. The van der Waals surface area contributed by atoms with Crippen molar-refractivity contribution in [2.75, 3.05) is 13.9 Å². The van der Waals surface area contributed by atoms with E-state index in [9.17, 15) is 12.3 Å². The molecule has 0 radical (unpaired) electrons. The van der Waals surface area contributed by atoms with Gasteiger partial charge < -0.3 is 9.47 Å². The van der Waals surface area contributed by atoms with Gasteiger partial charge in [0.1, 0.15) is 10.6 Å². The van der Waals surface area contributed by atoms with E-state index < -0.39 is 15.1 Å². The predicted molar refractivity (Wildman–Crippen MR) is 54.9 cm³/mol. The van der Waals surface area contributed by atoms with Gasteiger partial charge in [0.15, 0.2) is 6.79 Å². The molecule has 7 heteroatoms. The highest BCUT2D eigenvalue weighted by Gasteiger charge is 2.18. The van der Waals surface area contributed by atoms with Crippen LogP contribution in [0.3, 0.4) is 0 Å². The molecule has 0 spiro atoms. The highest BCUT2D eigenvalue weighted by Crippen LogP contribution is 2.32. The molecule has 0 aliphatic carbocycles. The molecule has 0 aliphatic rings. The lowest BCUT2D eigenvalue weighted by Gasteiger charge is -2.08. The molecule has 15 heavy (non-hydrogen) atoms. The Morgan fingerprint density at radius 2 is 2.13 bits per heavy atom. The van der Waals surface area contributed by atoms with Gasteiger partial charge in [-0.05, 0) is 28.1 Å². The molecule has 0 heterocycles. The van der Waals surface area contributed by atoms with E-state index in [1.807, 2.05) is 0 Å². The van der Waals surface area contributed by atoms with Crippen molar-refractivity contribution < 1.29 is 21.8 Å². The zero-order valence-electron chi connectivity index (χ0n) is 7.74. The van der Waals surface area contributed by atoms with Crippen molar-refractivity contribution in [3.05, 3.63) is 22.7 Å². The molecule has 0 saturated carbocycles. The summed E-state index contributed by atoms with van der Waals surface area (Å²) in [5.74, 6) is 0.204. The van der Waals surface area contributed by atoms with Crippen molar-refractivity contribution in [3.8, 4) is 5.75 Å². The Labute approximate surface area is 95.3 Å². The van der Waals surface area contributed by atoms with Crippen molar-refractivity contribution in [3.63, 3.8) is 0 Å². The first-order chi connectivity index (χ1) is 6.96. The molecular weight excluding hydrogens is 291 g/mol. The van der Waals surface area contributed by atoms with Gasteiger partial charge in [0, 0.05) is 7.11 Å². The lowest BCUT2D eigenvalue weighted by atomic mass is 10.3. The summed E-state index contributed by atoms with van der Waals surface area (Å²) in [7, 11) is -3.33. The van der Waals surface area contributed by atoms with Crippen molar-refractivity contribution in [2.45, 2.75) is 4.90 Å². The maximum atomic E-state index is 12.7. The number of hydrogen-bond acceptors (Lipinski definition) is 4. The highest BCUT2D eigenvalue weighted by molar-refractivity contribution is 9.10. The van der Waals surface area contributed by atoms with E-state index in [0.717, 1.165) is 6.07 Å². The first-order valence-electron chi connectivity index (χ1n) is 3.81. The summed E-state index contributed by atoms with van der Waals surface area (Å²) in [6, 6.07) is 4.01. The number of halogens is 2. The van der Waals surface area contributed by atoms with Crippen LogP contribution < -0.4 is 4.74 Å². The summed E-state index contributed by atoms with van der Waals surface area (Å²) in [6.07, 6.45) is 0. The van der Waals surface area contributed by atoms with Gasteiger partial charge in [0.25, 0.3) is 0 Å². The van der Waals surface area contributed by atoms with E-state index in [1.54, 1.807) is 0 Å². The molecule has 4 nitrogen and oxygen atoms in total. The lowest BCUT2D eigenvalue weighted by molar-refractivity contribution is 0.0503. The van der Waals surface area contributed by atoms with E-state index in [0.29, 0.717) is 0 Å². The summed E-state index contributed by atoms with van der Waals surface area (Å²) in [4.78, 5) is -0.462. The van der Waals surface area contributed by atoms with Crippen LogP contribution in [0.25, 0.3) is 0 Å². The van der Waals surface area contributed by atoms with Crippen molar-refractivity contribution in [2.24, 2.45) is 0 Å². The second-order valence-electron chi connectivity index (χ2n) is 2.56. The molecule has 0 amide bonds. The lowest BCUT2D eigenvalue weighted by Crippen LogP contribution is -2.01. The Morgan fingerprint density at radius 3 is 2.67 bits per heavy atom. The van der Waals surface area contributed by atoms with Crippen LogP contribution in [0.5, 0.6) is 5.75 Å². The molecule has 1 aromatic rings. The number of hydrogen-bond donors (Lipinski definition) is 0. The number of ether oxygens (including phenoxy) is 2. The first-order valence-corrected chi connectivity index (χ1v) is 5.99. The number of rotatable bonds is 4. The van der Waals surface area contributed by atoms with Crippen LogP contribution in [0.1, 0.15) is 0 Å². The van der Waals surface area contributed by atoms with Crippen LogP contribution in [-0.2, 0) is 15.0 Å². The second kappa shape index (κ2) is 4.91. The summed E-state index contributed by atoms with van der Waals surface area (Å²) >= 11 is 2.95.